The number of fused-ring (bicyclic) bond motifs is 1. The summed E-state index contributed by atoms with van der Waals surface area (Å²) in [6.45, 7) is 1.82. The number of nitrogens with zero attached hydrogens (tertiary/aromatic N) is 3. The summed E-state index contributed by atoms with van der Waals surface area (Å²) < 4.78 is 33.9. The smallest absolute Gasteiger partial charge is 0.475 e. The molecule has 162 valence electrons. The molecular weight excluding hydrogens is 405 g/mol. The molecule has 1 aliphatic rings. The van der Waals surface area contributed by atoms with Crippen LogP contribution in [0.1, 0.15) is 22.6 Å². The Balaban J connectivity index is 0.000000396. The van der Waals surface area contributed by atoms with Crippen molar-refractivity contribution in [1.82, 2.24) is 19.8 Å². The lowest BCUT2D eigenvalue weighted by Crippen LogP contribution is -2.36. The van der Waals surface area contributed by atoms with Crippen molar-refractivity contribution in [2.75, 3.05) is 13.6 Å². The van der Waals surface area contributed by atoms with Gasteiger partial charge in [-0.1, -0.05) is 6.07 Å². The summed E-state index contributed by atoms with van der Waals surface area (Å²) in [6, 6.07) is 9.31. The van der Waals surface area contributed by atoms with Crippen molar-refractivity contribution in [3.8, 4) is 0 Å². The fourth-order valence-electron chi connectivity index (χ4n) is 2.98. The minimum Gasteiger partial charge on any atom is -0.475 e. The molecule has 2 N–H and O–H groups in total. The van der Waals surface area contributed by atoms with Crippen LogP contribution in [-0.2, 0) is 22.7 Å². The lowest BCUT2D eigenvalue weighted by molar-refractivity contribution is -0.192. The molecule has 8 nitrogen and oxygen atoms in total. The molecule has 0 aliphatic carbocycles. The Kier molecular flexibility index (Phi) is 7.56. The van der Waals surface area contributed by atoms with E-state index >= 15 is 0 Å². The van der Waals surface area contributed by atoms with E-state index in [0.29, 0.717) is 25.2 Å². The number of hydrogen-bond donors (Lipinski definition) is 2. The van der Waals surface area contributed by atoms with Gasteiger partial charge in [-0.3, -0.25) is 14.6 Å². The van der Waals surface area contributed by atoms with E-state index in [2.05, 4.69) is 14.9 Å². The van der Waals surface area contributed by atoms with Crippen molar-refractivity contribution in [3.63, 3.8) is 0 Å². The lowest BCUT2D eigenvalue weighted by Gasteiger charge is -2.23. The van der Waals surface area contributed by atoms with Crippen molar-refractivity contribution in [1.29, 1.82) is 0 Å². The average Bonchev–Trinajstić information content (AvgIpc) is 3.06. The van der Waals surface area contributed by atoms with Crippen LogP contribution in [0.5, 0.6) is 0 Å². The van der Waals surface area contributed by atoms with Crippen LogP contribution in [0.25, 0.3) is 0 Å². The summed E-state index contributed by atoms with van der Waals surface area (Å²) in [6.07, 6.45) is -1.06. The zero-order valence-corrected chi connectivity index (χ0v) is 16.1. The highest BCUT2D eigenvalue weighted by molar-refractivity contribution is 5.92. The second-order valence-electron chi connectivity index (χ2n) is 6.60. The highest BCUT2D eigenvalue weighted by atomic mass is 19.4. The Hall–Kier alpha value is -3.37. The second kappa shape index (κ2) is 9.90. The monoisotopic (exact) mass is 426 g/mol. The standard InChI is InChI=1S/C17H20N4O2.C2HF3O2/c1-18-16(22)9-13-10-20-8-4-5-14(20)12-21(11-13)17(23)15-6-2-3-7-19-15;3-2(4,5)1(6)7/h2-8,13H,9-12H2,1H3,(H,18,22);(H,6,7). The van der Waals surface area contributed by atoms with Gasteiger partial charge in [0.1, 0.15) is 5.69 Å². The summed E-state index contributed by atoms with van der Waals surface area (Å²) in [5, 5.41) is 9.79. The summed E-state index contributed by atoms with van der Waals surface area (Å²) >= 11 is 0. The molecule has 3 heterocycles. The lowest BCUT2D eigenvalue weighted by atomic mass is 10.0. The summed E-state index contributed by atoms with van der Waals surface area (Å²) in [7, 11) is 1.64. The number of carbonyl (C=O) groups excluding carboxylic acids is 2. The fraction of sp³-hybridized carbons (Fsp3) is 0.368. The minimum absolute atomic E-state index is 0.00385. The third-order valence-electron chi connectivity index (χ3n) is 4.38. The molecule has 2 aromatic rings. The number of halogens is 3. The van der Waals surface area contributed by atoms with E-state index in [1.165, 1.54) is 0 Å². The van der Waals surface area contributed by atoms with Gasteiger partial charge in [0.15, 0.2) is 0 Å². The van der Waals surface area contributed by atoms with E-state index in [0.717, 1.165) is 12.2 Å². The van der Waals surface area contributed by atoms with Crippen molar-refractivity contribution in [2.45, 2.75) is 25.7 Å². The van der Waals surface area contributed by atoms with Gasteiger partial charge >= 0.3 is 12.1 Å². The maximum Gasteiger partial charge on any atom is 0.490 e. The van der Waals surface area contributed by atoms with Gasteiger partial charge < -0.3 is 19.9 Å². The van der Waals surface area contributed by atoms with Crippen molar-refractivity contribution in [3.05, 3.63) is 54.1 Å². The van der Waals surface area contributed by atoms with Gasteiger partial charge in [-0.05, 0) is 24.3 Å². The quantitative estimate of drug-likeness (QED) is 0.781. The van der Waals surface area contributed by atoms with E-state index in [4.69, 9.17) is 9.90 Å². The van der Waals surface area contributed by atoms with Gasteiger partial charge in [-0.25, -0.2) is 4.79 Å². The molecule has 3 rings (SSSR count). The molecule has 0 aromatic carbocycles. The van der Waals surface area contributed by atoms with Crippen LogP contribution >= 0.6 is 0 Å². The Morgan fingerprint density at radius 2 is 1.90 bits per heavy atom. The first kappa shape index (κ1) is 22.9. The molecule has 0 bridgehead atoms. The van der Waals surface area contributed by atoms with Gasteiger partial charge in [-0.15, -0.1) is 0 Å². The number of hydrogen-bond acceptors (Lipinski definition) is 4. The third kappa shape index (κ3) is 6.33. The van der Waals surface area contributed by atoms with Crippen molar-refractivity contribution < 1.29 is 32.7 Å². The van der Waals surface area contributed by atoms with E-state index in [1.807, 2.05) is 24.4 Å². The summed E-state index contributed by atoms with van der Waals surface area (Å²) in [5.41, 5.74) is 1.51. The molecule has 1 atom stereocenters. The molecule has 1 aliphatic heterocycles. The van der Waals surface area contributed by atoms with Crippen LogP contribution in [0.3, 0.4) is 0 Å². The molecule has 30 heavy (non-hydrogen) atoms. The minimum atomic E-state index is -5.08. The van der Waals surface area contributed by atoms with Crippen molar-refractivity contribution >= 4 is 17.8 Å². The molecule has 0 saturated carbocycles. The topological polar surface area (TPSA) is 105 Å². The molecule has 2 amide bonds. The highest BCUT2D eigenvalue weighted by Crippen LogP contribution is 2.21. The van der Waals surface area contributed by atoms with Crippen LogP contribution in [0.4, 0.5) is 13.2 Å². The maximum atomic E-state index is 12.7. The zero-order valence-electron chi connectivity index (χ0n) is 16.1. The number of aliphatic carboxylic acids is 1. The molecule has 0 radical (unpaired) electrons. The number of carboxylic acids is 1. The Morgan fingerprint density at radius 3 is 2.47 bits per heavy atom. The number of aromatic nitrogens is 2. The summed E-state index contributed by atoms with van der Waals surface area (Å²) in [4.78, 5) is 39.3. The maximum absolute atomic E-state index is 12.7. The van der Waals surface area contributed by atoms with Gasteiger partial charge in [0.25, 0.3) is 5.91 Å². The normalized spacial score (nSPS) is 15.9. The SMILES string of the molecule is CNC(=O)CC1CN(C(=O)c2ccccn2)Cc2cccn2C1.O=C(O)C(F)(F)F. The van der Waals surface area contributed by atoms with Gasteiger partial charge in [0.05, 0.1) is 6.54 Å². The first-order valence-corrected chi connectivity index (χ1v) is 8.96. The van der Waals surface area contributed by atoms with Gasteiger partial charge in [0.2, 0.25) is 5.91 Å². The number of pyridine rings is 1. The molecule has 1 unspecified atom stereocenters. The molecule has 11 heteroatoms. The third-order valence-corrected chi connectivity index (χ3v) is 4.38. The average molecular weight is 426 g/mol. The van der Waals surface area contributed by atoms with E-state index < -0.39 is 12.1 Å². The molecule has 0 spiro atoms. The number of amides is 2. The first-order valence-electron chi connectivity index (χ1n) is 8.96. The Morgan fingerprint density at radius 1 is 1.20 bits per heavy atom. The number of alkyl halides is 3. The van der Waals surface area contributed by atoms with Gasteiger partial charge in [-0.2, -0.15) is 13.2 Å². The molecule has 0 fully saturated rings. The first-order chi connectivity index (χ1) is 14.1. The van der Waals surface area contributed by atoms with E-state index in [-0.39, 0.29) is 17.7 Å². The largest absolute Gasteiger partial charge is 0.490 e. The number of carbonyl (C=O) groups is 3. The van der Waals surface area contributed by atoms with E-state index in [1.54, 1.807) is 30.3 Å². The molecule has 2 aromatic heterocycles. The van der Waals surface area contributed by atoms with Crippen LogP contribution in [0.15, 0.2) is 42.7 Å². The second-order valence-corrected chi connectivity index (χ2v) is 6.60. The predicted molar refractivity (Wildman–Crippen MR) is 99.3 cm³/mol. The summed E-state index contributed by atoms with van der Waals surface area (Å²) in [5.74, 6) is -2.78. The van der Waals surface area contributed by atoms with Crippen LogP contribution < -0.4 is 5.32 Å². The number of rotatable bonds is 3. The van der Waals surface area contributed by atoms with Crippen molar-refractivity contribution in [2.24, 2.45) is 5.92 Å². The highest BCUT2D eigenvalue weighted by Gasteiger charge is 2.38. The zero-order chi connectivity index (χ0) is 22.3. The van der Waals surface area contributed by atoms with Crippen LogP contribution in [0, 0.1) is 5.92 Å². The predicted octanol–water partition coefficient (Wildman–Crippen LogP) is 1.92. The number of nitrogens with one attached hydrogen (secondary N) is 1. The Labute approximate surface area is 170 Å². The van der Waals surface area contributed by atoms with Crippen LogP contribution in [-0.4, -0.2) is 57.1 Å². The fourth-order valence-corrected chi connectivity index (χ4v) is 2.98. The molecular formula is C19H21F3N4O4. The molecule has 0 saturated heterocycles. The van der Waals surface area contributed by atoms with Crippen LogP contribution in [0.2, 0.25) is 0 Å². The Bertz CT molecular complexity index is 883. The van der Waals surface area contributed by atoms with Gasteiger partial charge in [0, 0.05) is 50.6 Å². The number of carboxylic acid groups (broad SMARTS) is 1. The van der Waals surface area contributed by atoms with E-state index in [9.17, 15) is 22.8 Å².